The summed E-state index contributed by atoms with van der Waals surface area (Å²) in [6.07, 6.45) is 0. The molecule has 38 heavy (non-hydrogen) atoms. The molecule has 14 heteroatoms. The summed E-state index contributed by atoms with van der Waals surface area (Å²) in [7, 11) is -6.69. The number of ether oxygens (including phenoxy) is 3. The number of methoxy groups -OCH3 is 1. The summed E-state index contributed by atoms with van der Waals surface area (Å²) < 4.78 is 82.0. The molecule has 1 N–H and O–H groups in total. The Labute approximate surface area is 227 Å². The van der Waals surface area contributed by atoms with Crippen LogP contribution in [0.2, 0.25) is 0 Å². The van der Waals surface area contributed by atoms with E-state index in [9.17, 15) is 16.8 Å². The van der Waals surface area contributed by atoms with Gasteiger partial charge in [0.25, 0.3) is 20.1 Å². The van der Waals surface area contributed by atoms with E-state index in [-0.39, 0.29) is 36.6 Å². The largest absolute Gasteiger partial charge is 0.382 e. The Hall–Kier alpha value is -2.33. The summed E-state index contributed by atoms with van der Waals surface area (Å²) in [6.45, 7) is 7.42. The fourth-order valence-electron chi connectivity index (χ4n) is 3.62. The minimum Gasteiger partial charge on any atom is -0.382 e. The van der Waals surface area contributed by atoms with Crippen molar-refractivity contribution in [3.63, 3.8) is 0 Å². The zero-order chi connectivity index (χ0) is 28.1. The second-order valence-electron chi connectivity index (χ2n) is 8.72. The van der Waals surface area contributed by atoms with Gasteiger partial charge in [-0.1, -0.05) is 23.4 Å². The van der Waals surface area contributed by atoms with Crippen molar-refractivity contribution in [3.05, 3.63) is 62.7 Å². The van der Waals surface area contributed by atoms with Crippen LogP contribution in [0.25, 0.3) is 0 Å². The highest BCUT2D eigenvalue weighted by molar-refractivity contribution is 7.94. The van der Waals surface area contributed by atoms with Crippen LogP contribution in [-0.2, 0) is 53.3 Å². The van der Waals surface area contributed by atoms with Crippen LogP contribution >= 0.6 is 11.3 Å². The van der Waals surface area contributed by atoms with Crippen LogP contribution in [-0.4, -0.2) is 53.6 Å². The number of thiophene rings is 1. The number of aromatic nitrogens is 1. The molecule has 0 aliphatic rings. The third kappa shape index (κ3) is 7.62. The van der Waals surface area contributed by atoms with E-state index < -0.39 is 25.9 Å². The van der Waals surface area contributed by atoms with E-state index in [4.69, 9.17) is 23.3 Å². The SMILES string of the molecule is COCCOCN(c1noc(C)c1C)S(=O)(=O)c1sc(C)cc1COCc1ccc(CS(=O)(=O)O)c(C)c1. The third-order valence-electron chi connectivity index (χ3n) is 5.70. The van der Waals surface area contributed by atoms with Crippen LogP contribution < -0.4 is 4.31 Å². The molecule has 0 amide bonds. The van der Waals surface area contributed by atoms with Crippen LogP contribution in [0.15, 0.2) is 33.0 Å². The Morgan fingerprint density at radius 1 is 1.00 bits per heavy atom. The van der Waals surface area contributed by atoms with Gasteiger partial charge in [0.05, 0.1) is 26.4 Å². The summed E-state index contributed by atoms with van der Waals surface area (Å²) >= 11 is 1.13. The monoisotopic (exact) mass is 588 g/mol. The van der Waals surface area contributed by atoms with Gasteiger partial charge < -0.3 is 18.7 Å². The first kappa shape index (κ1) is 30.2. The lowest BCUT2D eigenvalue weighted by atomic mass is 10.1. The van der Waals surface area contributed by atoms with E-state index in [1.165, 1.54) is 7.11 Å². The van der Waals surface area contributed by atoms with Gasteiger partial charge in [-0.15, -0.1) is 11.3 Å². The van der Waals surface area contributed by atoms with Gasteiger partial charge >= 0.3 is 0 Å². The van der Waals surface area contributed by atoms with Crippen LogP contribution in [0.5, 0.6) is 0 Å². The number of sulfonamides is 1. The number of nitrogens with zero attached hydrogens (tertiary/aromatic N) is 2. The zero-order valence-corrected chi connectivity index (χ0v) is 24.3. The first-order chi connectivity index (χ1) is 17.8. The van der Waals surface area contributed by atoms with Gasteiger partial charge in [0.2, 0.25) is 0 Å². The molecule has 0 spiro atoms. The van der Waals surface area contributed by atoms with E-state index in [1.807, 2.05) is 6.92 Å². The number of benzene rings is 1. The van der Waals surface area contributed by atoms with E-state index >= 15 is 0 Å². The van der Waals surface area contributed by atoms with Crippen LogP contribution in [0.4, 0.5) is 5.82 Å². The van der Waals surface area contributed by atoms with Gasteiger partial charge in [-0.3, -0.25) is 4.55 Å². The molecule has 0 bridgehead atoms. The molecule has 210 valence electrons. The van der Waals surface area contributed by atoms with Gasteiger partial charge in [0.15, 0.2) is 5.82 Å². The minimum absolute atomic E-state index is 0.0277. The summed E-state index contributed by atoms with van der Waals surface area (Å²) in [6, 6.07) is 6.86. The molecular weight excluding hydrogens is 556 g/mol. The molecule has 2 heterocycles. The van der Waals surface area contributed by atoms with E-state index in [1.54, 1.807) is 45.0 Å². The number of hydrogen-bond acceptors (Lipinski definition) is 10. The molecular formula is C24H32N2O9S3. The lowest BCUT2D eigenvalue weighted by Gasteiger charge is -2.22. The standard InChI is InChI=1S/C24H32N2O9S3/c1-16-10-20(6-7-21(16)14-37(27,28)29)12-34-13-22-11-17(2)36-24(22)38(30,31)26(15-33-9-8-32-5)23-18(3)19(4)35-25-23/h6-7,10-11H,8-9,12-15H2,1-5H3,(H,27,28,29). The summed E-state index contributed by atoms with van der Waals surface area (Å²) in [4.78, 5) is 0.792. The first-order valence-electron chi connectivity index (χ1n) is 11.6. The molecule has 0 radical (unpaired) electrons. The predicted octanol–water partition coefficient (Wildman–Crippen LogP) is 3.89. The Balaban J connectivity index is 1.80. The van der Waals surface area contributed by atoms with Crippen molar-refractivity contribution in [2.24, 2.45) is 0 Å². The molecule has 3 rings (SSSR count). The van der Waals surface area contributed by atoms with Crippen molar-refractivity contribution >= 4 is 37.3 Å². The van der Waals surface area contributed by atoms with Crippen LogP contribution in [0.1, 0.15) is 38.5 Å². The third-order valence-corrected chi connectivity index (χ3v) is 9.73. The fourth-order valence-corrected chi connectivity index (χ4v) is 7.43. The molecule has 0 saturated carbocycles. The molecule has 0 saturated heterocycles. The van der Waals surface area contributed by atoms with Gasteiger partial charge in [-0.25, -0.2) is 12.7 Å². The van der Waals surface area contributed by atoms with Gasteiger partial charge in [0, 0.05) is 23.1 Å². The summed E-state index contributed by atoms with van der Waals surface area (Å²) in [5.74, 6) is 0.185. The van der Waals surface area contributed by atoms with Crippen molar-refractivity contribution in [1.29, 1.82) is 0 Å². The highest BCUT2D eigenvalue weighted by atomic mass is 32.2. The number of aryl methyl sites for hydroxylation is 3. The first-order valence-corrected chi connectivity index (χ1v) is 15.4. The molecule has 11 nitrogen and oxygen atoms in total. The second-order valence-corrected chi connectivity index (χ2v) is 13.5. The highest BCUT2D eigenvalue weighted by Crippen LogP contribution is 2.34. The van der Waals surface area contributed by atoms with E-state index in [0.717, 1.165) is 26.1 Å². The predicted molar refractivity (Wildman–Crippen MR) is 142 cm³/mol. The molecule has 3 aromatic rings. The van der Waals surface area contributed by atoms with Gasteiger partial charge in [-0.2, -0.15) is 8.42 Å². The number of hydrogen-bond donors (Lipinski definition) is 1. The Kier molecular flexibility index (Phi) is 10.1. The number of rotatable bonds is 14. The van der Waals surface area contributed by atoms with Crippen molar-refractivity contribution < 1.29 is 40.1 Å². The van der Waals surface area contributed by atoms with Crippen molar-refractivity contribution in [2.45, 2.75) is 50.9 Å². The zero-order valence-electron chi connectivity index (χ0n) is 21.9. The Morgan fingerprint density at radius 2 is 1.74 bits per heavy atom. The summed E-state index contributed by atoms with van der Waals surface area (Å²) in [5, 5.41) is 3.96. The average molecular weight is 589 g/mol. The number of anilines is 1. The molecule has 0 aliphatic heterocycles. The minimum atomic E-state index is -4.14. The maximum atomic E-state index is 13.8. The topological polar surface area (TPSA) is 145 Å². The summed E-state index contributed by atoms with van der Waals surface area (Å²) in [5.41, 5.74) is 3.04. The van der Waals surface area contributed by atoms with Crippen molar-refractivity contribution in [1.82, 2.24) is 5.16 Å². The van der Waals surface area contributed by atoms with Crippen LogP contribution in [0, 0.1) is 27.7 Å². The second kappa shape index (κ2) is 12.7. The molecule has 0 aliphatic carbocycles. The van der Waals surface area contributed by atoms with Crippen LogP contribution in [0.3, 0.4) is 0 Å². The molecule has 0 fully saturated rings. The Bertz CT molecular complexity index is 1460. The van der Waals surface area contributed by atoms with Crippen molar-refractivity contribution in [2.75, 3.05) is 31.4 Å². The van der Waals surface area contributed by atoms with Gasteiger partial charge in [-0.05, 0) is 50.5 Å². The maximum Gasteiger partial charge on any atom is 0.277 e. The smallest absolute Gasteiger partial charge is 0.277 e. The van der Waals surface area contributed by atoms with Crippen molar-refractivity contribution in [3.8, 4) is 0 Å². The quantitative estimate of drug-likeness (QED) is 0.167. The van der Waals surface area contributed by atoms with E-state index in [0.29, 0.717) is 34.6 Å². The van der Waals surface area contributed by atoms with Gasteiger partial charge in [0.1, 0.15) is 22.5 Å². The normalized spacial score (nSPS) is 12.3. The average Bonchev–Trinajstić information content (AvgIpc) is 3.37. The molecule has 1 aromatic carbocycles. The molecule has 2 aromatic heterocycles. The molecule has 0 atom stereocenters. The highest BCUT2D eigenvalue weighted by Gasteiger charge is 2.33. The van der Waals surface area contributed by atoms with E-state index in [2.05, 4.69) is 5.16 Å². The Morgan fingerprint density at radius 3 is 2.34 bits per heavy atom. The lowest BCUT2D eigenvalue weighted by Crippen LogP contribution is -2.34. The molecule has 0 unspecified atom stereocenters. The maximum absolute atomic E-state index is 13.8. The lowest BCUT2D eigenvalue weighted by molar-refractivity contribution is 0.0752. The fraction of sp³-hybridized carbons (Fsp3) is 0.458.